The summed E-state index contributed by atoms with van der Waals surface area (Å²) in [6, 6.07) is -0.570. The van der Waals surface area contributed by atoms with E-state index in [9.17, 15) is 14.4 Å². The number of rotatable bonds is 4. The van der Waals surface area contributed by atoms with Crippen LogP contribution in [0.3, 0.4) is 0 Å². The number of nitrogens with zero attached hydrogens (tertiary/aromatic N) is 4. The van der Waals surface area contributed by atoms with Crippen molar-refractivity contribution in [3.8, 4) is 0 Å². The molecule has 0 radical (unpaired) electrons. The van der Waals surface area contributed by atoms with E-state index in [1.807, 2.05) is 0 Å². The summed E-state index contributed by atoms with van der Waals surface area (Å²) in [6.45, 7) is 1.84. The minimum atomic E-state index is -0.789. The quantitative estimate of drug-likeness (QED) is 0.305. The summed E-state index contributed by atoms with van der Waals surface area (Å²) in [7, 11) is 0. The third kappa shape index (κ3) is 2.80. The van der Waals surface area contributed by atoms with E-state index >= 15 is 0 Å². The Bertz CT molecular complexity index is 373. The van der Waals surface area contributed by atoms with Gasteiger partial charge in [0.1, 0.15) is 0 Å². The number of carbonyl (C=O) groups is 3. The molecule has 2 amide bonds. The van der Waals surface area contributed by atoms with Crippen molar-refractivity contribution in [2.24, 2.45) is 5.11 Å². The molecule has 1 saturated heterocycles. The summed E-state index contributed by atoms with van der Waals surface area (Å²) in [6.07, 6.45) is 0.751. The van der Waals surface area contributed by atoms with Crippen LogP contribution in [0.2, 0.25) is 0 Å². The molecule has 0 spiro atoms. The van der Waals surface area contributed by atoms with E-state index in [4.69, 9.17) is 5.53 Å². The first-order valence-electron chi connectivity index (χ1n) is 4.98. The Morgan fingerprint density at radius 2 is 2.31 bits per heavy atom. The number of likely N-dealkylation sites (tertiary alicyclic amines) is 1. The molecule has 1 rings (SSSR count). The first kappa shape index (κ1) is 12.2. The summed E-state index contributed by atoms with van der Waals surface area (Å²) < 4.78 is 0. The highest BCUT2D eigenvalue weighted by molar-refractivity contribution is 6.38. The van der Waals surface area contributed by atoms with Crippen molar-refractivity contribution in [3.05, 3.63) is 10.4 Å². The SMILES string of the molecule is C[C@@H](CC(=O)C(=O)N1CCCC1=O)N=[N+]=[N-]. The summed E-state index contributed by atoms with van der Waals surface area (Å²) in [4.78, 5) is 37.7. The molecule has 0 bridgehead atoms. The van der Waals surface area contributed by atoms with Crippen LogP contribution in [0.4, 0.5) is 0 Å². The van der Waals surface area contributed by atoms with Crippen LogP contribution in [0.5, 0.6) is 0 Å². The summed E-state index contributed by atoms with van der Waals surface area (Å²) in [5.74, 6) is -1.78. The van der Waals surface area contributed by atoms with Gasteiger partial charge in [0, 0.05) is 30.3 Å². The van der Waals surface area contributed by atoms with Gasteiger partial charge in [-0.15, -0.1) is 0 Å². The maximum atomic E-state index is 11.5. The lowest BCUT2D eigenvalue weighted by molar-refractivity contribution is -0.149. The molecule has 16 heavy (non-hydrogen) atoms. The number of carbonyl (C=O) groups excluding carboxylic acids is 3. The maximum Gasteiger partial charge on any atom is 0.296 e. The minimum absolute atomic E-state index is 0.160. The Balaban J connectivity index is 2.57. The van der Waals surface area contributed by atoms with Crippen LogP contribution in [0.1, 0.15) is 26.2 Å². The first-order chi connectivity index (χ1) is 7.56. The Morgan fingerprint density at radius 1 is 1.62 bits per heavy atom. The number of hydrogen-bond donors (Lipinski definition) is 0. The van der Waals surface area contributed by atoms with Crippen LogP contribution in [-0.4, -0.2) is 35.1 Å². The smallest absolute Gasteiger partial charge is 0.289 e. The Morgan fingerprint density at radius 3 is 2.81 bits per heavy atom. The van der Waals surface area contributed by atoms with Crippen molar-refractivity contribution < 1.29 is 14.4 Å². The molecule has 0 aromatic heterocycles. The van der Waals surface area contributed by atoms with Crippen molar-refractivity contribution in [2.45, 2.75) is 32.2 Å². The molecule has 7 nitrogen and oxygen atoms in total. The monoisotopic (exact) mass is 224 g/mol. The molecule has 0 aliphatic carbocycles. The largest absolute Gasteiger partial charge is 0.296 e. The van der Waals surface area contributed by atoms with Crippen LogP contribution in [-0.2, 0) is 14.4 Å². The highest BCUT2D eigenvalue weighted by Gasteiger charge is 2.30. The second kappa shape index (κ2) is 5.27. The van der Waals surface area contributed by atoms with Gasteiger partial charge in [-0.3, -0.25) is 19.3 Å². The molecule has 7 heteroatoms. The zero-order chi connectivity index (χ0) is 12.1. The van der Waals surface area contributed by atoms with E-state index < -0.39 is 17.7 Å². The van der Waals surface area contributed by atoms with E-state index in [0.29, 0.717) is 19.4 Å². The van der Waals surface area contributed by atoms with Crippen LogP contribution < -0.4 is 0 Å². The second-order valence-corrected chi connectivity index (χ2v) is 3.64. The molecule has 0 aromatic carbocycles. The van der Waals surface area contributed by atoms with Crippen molar-refractivity contribution in [1.29, 1.82) is 0 Å². The fourth-order valence-electron chi connectivity index (χ4n) is 1.50. The molecule has 86 valence electrons. The van der Waals surface area contributed by atoms with Crippen molar-refractivity contribution >= 4 is 17.6 Å². The third-order valence-corrected chi connectivity index (χ3v) is 2.29. The minimum Gasteiger partial charge on any atom is -0.289 e. The van der Waals surface area contributed by atoms with Crippen molar-refractivity contribution in [3.63, 3.8) is 0 Å². The second-order valence-electron chi connectivity index (χ2n) is 3.64. The zero-order valence-corrected chi connectivity index (χ0v) is 8.92. The molecule has 1 heterocycles. The van der Waals surface area contributed by atoms with Crippen LogP contribution in [0.25, 0.3) is 10.4 Å². The number of imide groups is 1. The van der Waals surface area contributed by atoms with Crippen LogP contribution in [0.15, 0.2) is 5.11 Å². The van der Waals surface area contributed by atoms with E-state index in [-0.39, 0.29) is 12.3 Å². The summed E-state index contributed by atoms with van der Waals surface area (Å²) in [5.41, 5.74) is 8.14. The zero-order valence-electron chi connectivity index (χ0n) is 8.92. The fourth-order valence-corrected chi connectivity index (χ4v) is 1.50. The van der Waals surface area contributed by atoms with Gasteiger partial charge in [0.2, 0.25) is 11.7 Å². The standard InChI is InChI=1S/C9H12N4O3/c1-6(11-12-10)5-7(14)9(16)13-4-2-3-8(13)15/h6H,2-5H2,1H3/t6-/m0/s1. The highest BCUT2D eigenvalue weighted by atomic mass is 16.2. The average molecular weight is 224 g/mol. The van der Waals surface area contributed by atoms with Gasteiger partial charge in [-0.1, -0.05) is 12.0 Å². The van der Waals surface area contributed by atoms with Crippen LogP contribution >= 0.6 is 0 Å². The van der Waals surface area contributed by atoms with Gasteiger partial charge in [-0.05, 0) is 12.0 Å². The highest BCUT2D eigenvalue weighted by Crippen LogP contribution is 2.11. The van der Waals surface area contributed by atoms with Gasteiger partial charge in [-0.2, -0.15) is 0 Å². The molecular weight excluding hydrogens is 212 g/mol. The number of hydrogen-bond acceptors (Lipinski definition) is 4. The van der Waals surface area contributed by atoms with Crippen molar-refractivity contribution in [2.75, 3.05) is 6.54 Å². The van der Waals surface area contributed by atoms with Crippen LogP contribution in [0, 0.1) is 0 Å². The molecule has 0 saturated carbocycles. The van der Waals surface area contributed by atoms with Gasteiger partial charge >= 0.3 is 0 Å². The lowest BCUT2D eigenvalue weighted by Gasteiger charge is -2.12. The Labute approximate surface area is 92.0 Å². The predicted octanol–water partition coefficient (Wildman–Crippen LogP) is 0.793. The normalized spacial score (nSPS) is 16.8. The number of ketones is 1. The average Bonchev–Trinajstić information content (AvgIpc) is 2.63. The number of amides is 2. The molecule has 1 fully saturated rings. The van der Waals surface area contributed by atoms with Gasteiger partial charge in [0.05, 0.1) is 0 Å². The van der Waals surface area contributed by atoms with E-state index in [1.54, 1.807) is 0 Å². The molecule has 0 aromatic rings. The molecule has 1 aliphatic rings. The molecule has 0 N–H and O–H groups in total. The van der Waals surface area contributed by atoms with Gasteiger partial charge < -0.3 is 0 Å². The lowest BCUT2D eigenvalue weighted by atomic mass is 10.1. The van der Waals surface area contributed by atoms with Crippen molar-refractivity contribution in [1.82, 2.24) is 4.90 Å². The topological polar surface area (TPSA) is 103 Å². The molecule has 1 atom stereocenters. The summed E-state index contributed by atoms with van der Waals surface area (Å²) >= 11 is 0. The molecule has 0 unspecified atom stereocenters. The van der Waals surface area contributed by atoms with E-state index in [1.165, 1.54) is 6.92 Å². The predicted molar refractivity (Wildman–Crippen MR) is 54.2 cm³/mol. The van der Waals surface area contributed by atoms with Gasteiger partial charge in [-0.25, -0.2) is 0 Å². The Hall–Kier alpha value is -1.88. The number of azide groups is 1. The van der Waals surface area contributed by atoms with Gasteiger partial charge in [0.15, 0.2) is 0 Å². The number of Topliss-reactive ketones (excluding diaryl/α,β-unsaturated/α-hetero) is 1. The lowest BCUT2D eigenvalue weighted by Crippen LogP contribution is -2.38. The summed E-state index contributed by atoms with van der Waals surface area (Å²) in [5, 5.41) is 3.30. The maximum absolute atomic E-state index is 11.5. The molecular formula is C9H12N4O3. The van der Waals surface area contributed by atoms with Gasteiger partial charge in [0.25, 0.3) is 5.91 Å². The van der Waals surface area contributed by atoms with E-state index in [2.05, 4.69) is 10.0 Å². The van der Waals surface area contributed by atoms with E-state index in [0.717, 1.165) is 4.90 Å². The third-order valence-electron chi connectivity index (χ3n) is 2.29. The Kier molecular flexibility index (Phi) is 4.02. The first-order valence-corrected chi connectivity index (χ1v) is 4.98. The molecule has 1 aliphatic heterocycles. The fraction of sp³-hybridized carbons (Fsp3) is 0.667.